The number of benzene rings is 3. The maximum absolute atomic E-state index is 10.4. The van der Waals surface area contributed by atoms with Gasteiger partial charge in [0.2, 0.25) is 0 Å². The zero-order valence-corrected chi connectivity index (χ0v) is 23.4. The van der Waals surface area contributed by atoms with Crippen LogP contribution in [0.2, 0.25) is 5.02 Å². The minimum Gasteiger partial charge on any atom is -0.507 e. The molecule has 0 radical (unpaired) electrons. The van der Waals surface area contributed by atoms with E-state index in [9.17, 15) is 5.11 Å². The van der Waals surface area contributed by atoms with Crippen molar-refractivity contribution in [3.05, 3.63) is 101 Å². The number of aryl methyl sites for hydroxylation is 3. The molecule has 0 fully saturated rings. The fourth-order valence-corrected chi connectivity index (χ4v) is 5.42. The molecule has 0 aliphatic carbocycles. The molecule has 0 aliphatic rings. The van der Waals surface area contributed by atoms with Crippen LogP contribution >= 0.6 is 34.8 Å². The number of aromatic nitrogens is 2. The van der Waals surface area contributed by atoms with Gasteiger partial charge in [-0.15, -0.1) is 23.2 Å². The molecular formula is C29H29Cl3N4O. The number of alkyl halides is 2. The SMILES string of the molecule is C=C(Nc1nn(C)c2cccc(O)c12)c1cc(NC(=C)C(c2cc(C)cc(Cl)c2)C(C)(Cl)Cl)ccc1C. The van der Waals surface area contributed by atoms with Gasteiger partial charge < -0.3 is 15.7 Å². The minimum atomic E-state index is -1.14. The average Bonchev–Trinajstić information content (AvgIpc) is 3.09. The van der Waals surface area contributed by atoms with Gasteiger partial charge in [0.25, 0.3) is 0 Å². The first kappa shape index (κ1) is 26.9. The zero-order chi connectivity index (χ0) is 27.1. The molecule has 0 bridgehead atoms. The number of anilines is 2. The Morgan fingerprint density at radius 2 is 1.78 bits per heavy atom. The van der Waals surface area contributed by atoms with E-state index in [1.165, 1.54) is 0 Å². The lowest BCUT2D eigenvalue weighted by atomic mass is 9.91. The van der Waals surface area contributed by atoms with Crippen LogP contribution in [0.3, 0.4) is 0 Å². The highest BCUT2D eigenvalue weighted by molar-refractivity contribution is 6.49. The van der Waals surface area contributed by atoms with Gasteiger partial charge in [0.1, 0.15) is 10.1 Å². The number of fused-ring (bicyclic) bond motifs is 1. The standard InChI is InChI=1S/C29H29Cl3N4O/c1-16-12-20(14-21(30)13-16)27(29(5,31)32)19(4)33-22-11-10-17(2)23(15-22)18(3)34-28-26-24(36(6)35-28)8-7-9-25(26)37/h7-15,27,33,37H,3-4H2,1-2,5-6H3,(H,34,35). The van der Waals surface area contributed by atoms with Crippen molar-refractivity contribution < 1.29 is 5.11 Å². The van der Waals surface area contributed by atoms with E-state index in [1.54, 1.807) is 23.7 Å². The van der Waals surface area contributed by atoms with Crippen LogP contribution in [-0.4, -0.2) is 19.2 Å². The Morgan fingerprint density at radius 3 is 2.46 bits per heavy atom. The van der Waals surface area contributed by atoms with Crippen LogP contribution in [0.25, 0.3) is 16.6 Å². The van der Waals surface area contributed by atoms with Crippen LogP contribution < -0.4 is 10.6 Å². The highest BCUT2D eigenvalue weighted by atomic mass is 35.5. The fourth-order valence-electron chi connectivity index (χ4n) is 4.61. The van der Waals surface area contributed by atoms with Gasteiger partial charge in [-0.05, 0) is 73.9 Å². The number of hydrogen-bond acceptors (Lipinski definition) is 4. The molecule has 192 valence electrons. The largest absolute Gasteiger partial charge is 0.507 e. The van der Waals surface area contributed by atoms with E-state index in [0.29, 0.717) is 27.6 Å². The Balaban J connectivity index is 1.62. The predicted octanol–water partition coefficient (Wildman–Crippen LogP) is 8.54. The number of aromatic hydroxyl groups is 1. The lowest BCUT2D eigenvalue weighted by Crippen LogP contribution is -2.25. The number of nitrogens with one attached hydrogen (secondary N) is 2. The second kappa shape index (κ2) is 10.3. The van der Waals surface area contributed by atoms with Crippen LogP contribution in [0.1, 0.15) is 35.1 Å². The first-order valence-corrected chi connectivity index (χ1v) is 12.8. The highest BCUT2D eigenvalue weighted by Crippen LogP contribution is 2.43. The molecule has 0 amide bonds. The number of nitrogens with zero attached hydrogens (tertiary/aromatic N) is 2. The molecule has 4 aromatic rings. The van der Waals surface area contributed by atoms with Gasteiger partial charge in [-0.1, -0.05) is 43.0 Å². The summed E-state index contributed by atoms with van der Waals surface area (Å²) in [6, 6.07) is 17.0. The van der Waals surface area contributed by atoms with Gasteiger partial charge >= 0.3 is 0 Å². The van der Waals surface area contributed by atoms with Crippen molar-refractivity contribution in [1.29, 1.82) is 0 Å². The van der Waals surface area contributed by atoms with Crippen molar-refractivity contribution >= 4 is 62.9 Å². The van der Waals surface area contributed by atoms with Crippen molar-refractivity contribution in [1.82, 2.24) is 9.78 Å². The monoisotopic (exact) mass is 554 g/mol. The van der Waals surface area contributed by atoms with Gasteiger partial charge in [-0.3, -0.25) is 4.68 Å². The third kappa shape index (κ3) is 5.74. The maximum Gasteiger partial charge on any atom is 0.164 e. The van der Waals surface area contributed by atoms with Crippen molar-refractivity contribution in [2.75, 3.05) is 10.6 Å². The van der Waals surface area contributed by atoms with Crippen molar-refractivity contribution in [2.45, 2.75) is 31.0 Å². The Bertz CT molecular complexity index is 1500. The Kier molecular flexibility index (Phi) is 7.52. The van der Waals surface area contributed by atoms with Crippen LogP contribution in [0.15, 0.2) is 73.5 Å². The lowest BCUT2D eigenvalue weighted by Gasteiger charge is -2.30. The molecule has 37 heavy (non-hydrogen) atoms. The summed E-state index contributed by atoms with van der Waals surface area (Å²) in [5.74, 6) is 0.248. The highest BCUT2D eigenvalue weighted by Gasteiger charge is 2.34. The number of hydrogen-bond donors (Lipinski definition) is 3. The number of rotatable bonds is 8. The number of phenols is 1. The van der Waals surface area contributed by atoms with E-state index in [4.69, 9.17) is 34.8 Å². The van der Waals surface area contributed by atoms with E-state index in [-0.39, 0.29) is 5.75 Å². The summed E-state index contributed by atoms with van der Waals surface area (Å²) >= 11 is 19.6. The van der Waals surface area contributed by atoms with E-state index in [2.05, 4.69) is 28.9 Å². The van der Waals surface area contributed by atoms with E-state index >= 15 is 0 Å². The molecule has 0 saturated heterocycles. The normalized spacial score (nSPS) is 12.4. The molecule has 8 heteroatoms. The van der Waals surface area contributed by atoms with Gasteiger partial charge in [-0.2, -0.15) is 5.10 Å². The summed E-state index contributed by atoms with van der Waals surface area (Å²) in [5.41, 5.74) is 6.64. The summed E-state index contributed by atoms with van der Waals surface area (Å²) < 4.78 is 0.578. The zero-order valence-electron chi connectivity index (χ0n) is 21.2. The quantitative estimate of drug-likeness (QED) is 0.191. The third-order valence-corrected chi connectivity index (χ3v) is 6.90. The van der Waals surface area contributed by atoms with E-state index in [1.807, 2.05) is 63.4 Å². The molecule has 4 rings (SSSR count). The summed E-state index contributed by atoms with van der Waals surface area (Å²) in [6.45, 7) is 14.2. The molecule has 0 spiro atoms. The summed E-state index contributed by atoms with van der Waals surface area (Å²) in [7, 11) is 1.83. The molecular weight excluding hydrogens is 527 g/mol. The Morgan fingerprint density at radius 1 is 1.05 bits per heavy atom. The molecule has 1 heterocycles. The first-order valence-electron chi connectivity index (χ1n) is 11.7. The molecule has 0 aliphatic heterocycles. The van der Waals surface area contributed by atoms with Gasteiger partial charge in [0.05, 0.1) is 16.8 Å². The van der Waals surface area contributed by atoms with Crippen molar-refractivity contribution in [2.24, 2.45) is 7.05 Å². The Labute approximate surface area is 232 Å². The maximum atomic E-state index is 10.4. The molecule has 1 unspecified atom stereocenters. The topological polar surface area (TPSA) is 62.1 Å². The predicted molar refractivity (Wildman–Crippen MR) is 158 cm³/mol. The fraction of sp³-hybridized carbons (Fsp3) is 0.207. The van der Waals surface area contributed by atoms with Crippen LogP contribution in [-0.2, 0) is 7.05 Å². The molecule has 1 aromatic heterocycles. The molecule has 5 nitrogen and oxygen atoms in total. The average molecular weight is 556 g/mol. The van der Waals surface area contributed by atoms with Crippen molar-refractivity contribution in [3.8, 4) is 5.75 Å². The smallest absolute Gasteiger partial charge is 0.164 e. The molecule has 1 atom stereocenters. The molecule has 3 aromatic carbocycles. The van der Waals surface area contributed by atoms with Crippen LogP contribution in [0, 0.1) is 13.8 Å². The van der Waals surface area contributed by atoms with Crippen LogP contribution in [0.5, 0.6) is 5.75 Å². The van der Waals surface area contributed by atoms with Gasteiger partial charge in [0.15, 0.2) is 5.82 Å². The number of phenolic OH excluding ortho intramolecular Hbond substituents is 1. The second-order valence-corrected chi connectivity index (χ2v) is 11.6. The molecule has 0 saturated carbocycles. The second-order valence-electron chi connectivity index (χ2n) is 9.38. The molecule has 3 N–H and O–H groups in total. The Hall–Kier alpha value is -3.12. The lowest BCUT2D eigenvalue weighted by molar-refractivity contribution is 0.482. The van der Waals surface area contributed by atoms with Crippen LogP contribution in [0.4, 0.5) is 11.5 Å². The van der Waals surface area contributed by atoms with Crippen molar-refractivity contribution in [3.63, 3.8) is 0 Å². The summed E-state index contributed by atoms with van der Waals surface area (Å²) in [5, 5.41) is 22.8. The van der Waals surface area contributed by atoms with Gasteiger partial charge in [-0.25, -0.2) is 0 Å². The van der Waals surface area contributed by atoms with E-state index < -0.39 is 10.3 Å². The third-order valence-electron chi connectivity index (χ3n) is 6.25. The number of allylic oxidation sites excluding steroid dienone is 1. The minimum absolute atomic E-state index is 0.150. The van der Waals surface area contributed by atoms with Gasteiger partial charge in [0, 0.05) is 34.7 Å². The van der Waals surface area contributed by atoms with E-state index in [0.717, 1.165) is 33.5 Å². The summed E-state index contributed by atoms with van der Waals surface area (Å²) in [4.78, 5) is 0. The first-order chi connectivity index (χ1) is 17.3. The number of halogens is 3. The summed E-state index contributed by atoms with van der Waals surface area (Å²) in [6.07, 6.45) is 0.